The lowest BCUT2D eigenvalue weighted by atomic mass is 9.98. The molecule has 1 aliphatic carbocycles. The van der Waals surface area contributed by atoms with Gasteiger partial charge in [-0.3, -0.25) is 9.69 Å². The van der Waals surface area contributed by atoms with E-state index in [0.717, 1.165) is 41.9 Å². The van der Waals surface area contributed by atoms with Crippen LogP contribution >= 0.6 is 0 Å². The zero-order chi connectivity index (χ0) is 29.5. The van der Waals surface area contributed by atoms with Gasteiger partial charge in [0.1, 0.15) is 35.4 Å². The Kier molecular flexibility index (Phi) is 7.18. The van der Waals surface area contributed by atoms with Gasteiger partial charge >= 0.3 is 0 Å². The lowest BCUT2D eigenvalue weighted by molar-refractivity contribution is 0.0834. The van der Waals surface area contributed by atoms with E-state index in [-0.39, 0.29) is 17.4 Å². The molecule has 5 aromatic rings. The lowest BCUT2D eigenvalue weighted by Crippen LogP contribution is -2.28. The Balaban J connectivity index is 1.44. The Labute approximate surface area is 242 Å². The lowest BCUT2D eigenvalue weighted by Gasteiger charge is -2.19. The van der Waals surface area contributed by atoms with Crippen LogP contribution in [0.1, 0.15) is 42.8 Å². The maximum atomic E-state index is 14.5. The van der Waals surface area contributed by atoms with E-state index in [1.54, 1.807) is 31.0 Å². The first kappa shape index (κ1) is 27.5. The molecule has 1 aromatic carbocycles. The molecule has 10 nitrogen and oxygen atoms in total. The topological polar surface area (TPSA) is 118 Å². The summed E-state index contributed by atoms with van der Waals surface area (Å²) in [6, 6.07) is 12.3. The van der Waals surface area contributed by atoms with Crippen molar-refractivity contribution in [1.82, 2.24) is 34.0 Å². The van der Waals surface area contributed by atoms with Gasteiger partial charge in [-0.05, 0) is 68.3 Å². The molecule has 214 valence electrons. The number of halogens is 1. The van der Waals surface area contributed by atoms with E-state index in [9.17, 15) is 14.4 Å². The van der Waals surface area contributed by atoms with Gasteiger partial charge in [-0.25, -0.2) is 23.9 Å². The predicted octanol–water partition coefficient (Wildman–Crippen LogP) is 4.53. The molecule has 6 rings (SSSR count). The number of likely N-dealkylation sites (N-methyl/N-ethyl adjacent to an activating group) is 1. The van der Waals surface area contributed by atoms with Gasteiger partial charge in [0.2, 0.25) is 0 Å². The van der Waals surface area contributed by atoms with Crippen LogP contribution in [0.3, 0.4) is 0 Å². The van der Waals surface area contributed by atoms with Gasteiger partial charge in [0.05, 0.1) is 11.6 Å². The molecule has 42 heavy (non-hydrogen) atoms. The highest BCUT2D eigenvalue weighted by Crippen LogP contribution is 2.42. The molecule has 4 heterocycles. The minimum Gasteiger partial charge on any atom is -0.380 e. The van der Waals surface area contributed by atoms with E-state index in [1.165, 1.54) is 23.0 Å². The summed E-state index contributed by atoms with van der Waals surface area (Å²) in [5, 5.41) is 9.36. The molecule has 1 fully saturated rings. The molecule has 1 atom stereocenters. The number of fused-ring (bicyclic) bond motifs is 1. The van der Waals surface area contributed by atoms with Crippen molar-refractivity contribution in [1.29, 1.82) is 5.26 Å². The number of nitrogens with one attached hydrogen (secondary N) is 1. The highest BCUT2D eigenvalue weighted by atomic mass is 19.1. The van der Waals surface area contributed by atoms with Crippen LogP contribution in [0.2, 0.25) is 0 Å². The Bertz CT molecular complexity index is 1900. The zero-order valence-electron chi connectivity index (χ0n) is 23.9. The van der Waals surface area contributed by atoms with Gasteiger partial charge < -0.3 is 14.3 Å². The number of hydrogen-bond acceptors (Lipinski definition) is 7. The predicted molar refractivity (Wildman–Crippen MR) is 157 cm³/mol. The quantitative estimate of drug-likeness (QED) is 0.279. The summed E-state index contributed by atoms with van der Waals surface area (Å²) >= 11 is 0. The van der Waals surface area contributed by atoms with E-state index in [2.05, 4.69) is 19.9 Å². The number of H-pyrrole nitrogens is 1. The van der Waals surface area contributed by atoms with Gasteiger partial charge in [0.25, 0.3) is 5.56 Å². The highest BCUT2D eigenvalue weighted by molar-refractivity contribution is 5.82. The first-order valence-electron chi connectivity index (χ1n) is 13.8. The van der Waals surface area contributed by atoms with Gasteiger partial charge in [-0.15, -0.1) is 0 Å². The number of rotatable bonds is 9. The second-order valence-electron chi connectivity index (χ2n) is 11.0. The number of imidazole rings is 1. The number of hydrogen-bond donors (Lipinski definition) is 1. The zero-order valence-corrected chi connectivity index (χ0v) is 23.9. The average molecular weight is 567 g/mol. The third kappa shape index (κ3) is 5.34. The second-order valence-corrected chi connectivity index (χ2v) is 11.0. The molecule has 0 aliphatic heterocycles. The first-order valence-corrected chi connectivity index (χ1v) is 13.8. The fourth-order valence-corrected chi connectivity index (χ4v) is 5.30. The van der Waals surface area contributed by atoms with Crippen molar-refractivity contribution in [3.63, 3.8) is 0 Å². The summed E-state index contributed by atoms with van der Waals surface area (Å²) in [5.41, 5.74) is 4.75. The Morgan fingerprint density at radius 3 is 2.74 bits per heavy atom. The Morgan fingerprint density at radius 2 is 2.02 bits per heavy atom. The van der Waals surface area contributed by atoms with Crippen LogP contribution in [0.4, 0.5) is 4.39 Å². The van der Waals surface area contributed by atoms with Crippen molar-refractivity contribution in [3.05, 3.63) is 82.2 Å². The van der Waals surface area contributed by atoms with E-state index < -0.39 is 5.82 Å². The monoisotopic (exact) mass is 566 g/mol. The third-order valence-electron chi connectivity index (χ3n) is 7.61. The van der Waals surface area contributed by atoms with Crippen molar-refractivity contribution < 1.29 is 9.13 Å². The smallest absolute Gasteiger partial charge is 0.283 e. The summed E-state index contributed by atoms with van der Waals surface area (Å²) in [4.78, 5) is 32.9. The molecule has 4 aromatic heterocycles. The Morgan fingerprint density at radius 1 is 1.21 bits per heavy atom. The number of benzene rings is 1. The van der Waals surface area contributed by atoms with E-state index in [1.807, 2.05) is 38.2 Å². The molecule has 11 heteroatoms. The number of aryl methyl sites for hydroxylation is 1. The maximum Gasteiger partial charge on any atom is 0.283 e. The van der Waals surface area contributed by atoms with Crippen molar-refractivity contribution in [3.8, 4) is 34.4 Å². The van der Waals surface area contributed by atoms with E-state index >= 15 is 0 Å². The number of ether oxygens (including phenoxy) is 1. The highest BCUT2D eigenvalue weighted by Gasteiger charge is 2.27. The molecule has 0 bridgehead atoms. The van der Waals surface area contributed by atoms with Crippen LogP contribution in [0.25, 0.3) is 39.4 Å². The van der Waals surface area contributed by atoms with Crippen molar-refractivity contribution >= 4 is 11.0 Å². The molecule has 0 spiro atoms. The summed E-state index contributed by atoms with van der Waals surface area (Å²) in [6.45, 7) is 3.36. The first-order chi connectivity index (χ1) is 20.2. The molecule has 1 aliphatic rings. The van der Waals surface area contributed by atoms with Crippen LogP contribution in [0.5, 0.6) is 0 Å². The van der Waals surface area contributed by atoms with Crippen molar-refractivity contribution in [2.24, 2.45) is 7.05 Å². The molecule has 0 saturated heterocycles. The van der Waals surface area contributed by atoms with Gasteiger partial charge in [0.15, 0.2) is 5.69 Å². The van der Waals surface area contributed by atoms with Crippen LogP contribution < -0.4 is 5.56 Å². The molecule has 1 saturated carbocycles. The number of aromatic nitrogens is 6. The largest absolute Gasteiger partial charge is 0.380 e. The van der Waals surface area contributed by atoms with Gasteiger partial charge in [-0.2, -0.15) is 5.26 Å². The number of nitriles is 1. The molecule has 0 amide bonds. The molecule has 1 N–H and O–H groups in total. The third-order valence-corrected chi connectivity index (χ3v) is 7.61. The molecular weight excluding hydrogens is 535 g/mol. The maximum absolute atomic E-state index is 14.5. The molecular formula is C31H31FN8O2. The minimum absolute atomic E-state index is 0.0844. The van der Waals surface area contributed by atoms with E-state index in [4.69, 9.17) is 9.72 Å². The summed E-state index contributed by atoms with van der Waals surface area (Å²) in [5.74, 6) is 0.781. The normalized spacial score (nSPS) is 14.0. The minimum atomic E-state index is -0.414. The van der Waals surface area contributed by atoms with Crippen LogP contribution in [-0.2, 0) is 18.3 Å². The second kappa shape index (κ2) is 11.0. The number of aromatic amines is 1. The fourth-order valence-electron chi connectivity index (χ4n) is 5.30. The summed E-state index contributed by atoms with van der Waals surface area (Å²) < 4.78 is 23.0. The SMILES string of the molecule is CO[C@@H](C)CN(C)Cc1cc2ncn(-c3cc(-c4ccc(F)cc4-c4nc(C#N)cn4C)cc(C4CC4)n3)c(=O)c2[nH]1. The van der Waals surface area contributed by atoms with Gasteiger partial charge in [0, 0.05) is 56.3 Å². The fraction of sp³-hybridized carbons (Fsp3) is 0.323. The summed E-state index contributed by atoms with van der Waals surface area (Å²) in [6.07, 6.45) is 5.22. The average Bonchev–Trinajstić information content (AvgIpc) is 3.64. The Hall–Kier alpha value is -4.66. The van der Waals surface area contributed by atoms with Crippen LogP contribution in [0.15, 0.2) is 53.7 Å². The van der Waals surface area contributed by atoms with Gasteiger partial charge in [-0.1, -0.05) is 6.07 Å². The van der Waals surface area contributed by atoms with Crippen LogP contribution in [0, 0.1) is 17.1 Å². The van der Waals surface area contributed by atoms with E-state index in [0.29, 0.717) is 40.7 Å². The molecule has 0 radical (unpaired) electrons. The van der Waals surface area contributed by atoms with Crippen molar-refractivity contribution in [2.75, 3.05) is 20.7 Å². The van der Waals surface area contributed by atoms with Crippen molar-refractivity contribution in [2.45, 2.75) is 38.3 Å². The van der Waals surface area contributed by atoms with Crippen LogP contribution in [-0.4, -0.2) is 60.8 Å². The number of nitrogens with zero attached hydrogens (tertiary/aromatic N) is 7. The summed E-state index contributed by atoms with van der Waals surface area (Å²) in [7, 11) is 5.45. The standard InChI is InChI=1S/C31H31FN8O2/c1-18(42-4)14-38(2)15-22-12-27-29(35-22)31(41)40(17-34-27)28-10-20(9-26(37-28)19-5-6-19)24-8-7-21(32)11-25(24)30-36-23(13-33)16-39(30)3/h7-12,16-19,35H,5-6,14-15H2,1-4H3/t18-/m0/s1. The number of methoxy groups -OCH3 is 1. The molecule has 0 unspecified atom stereocenters. The number of pyridine rings is 1.